The van der Waals surface area contributed by atoms with Gasteiger partial charge in [-0.1, -0.05) is 18.2 Å². The zero-order valence-electron chi connectivity index (χ0n) is 13.5. The molecule has 1 aromatic carbocycles. The maximum atomic E-state index is 12.0. The van der Waals surface area contributed by atoms with Crippen molar-refractivity contribution in [1.82, 2.24) is 21.3 Å². The Morgan fingerprint density at radius 2 is 2.04 bits per heavy atom. The SMILES string of the molecule is CC1CC(NCCCCO)NC(NC(=O)Nc2ccccc2)N1. The van der Waals surface area contributed by atoms with Crippen LogP contribution in [0.1, 0.15) is 26.2 Å². The van der Waals surface area contributed by atoms with Crippen molar-refractivity contribution in [2.24, 2.45) is 0 Å². The standard InChI is InChI=1S/C16H27N5O2/c1-12-11-14(17-9-5-6-10-22)20-15(18-12)21-16(23)19-13-7-3-2-4-8-13/h2-4,7-8,12,14-15,17-18,20,22H,5-6,9-11H2,1H3,(H2,19,21,23). The average Bonchev–Trinajstić information content (AvgIpc) is 2.52. The van der Waals surface area contributed by atoms with Crippen LogP contribution in [-0.2, 0) is 0 Å². The summed E-state index contributed by atoms with van der Waals surface area (Å²) in [6.07, 6.45) is 2.50. The molecular formula is C16H27N5O2. The maximum Gasteiger partial charge on any atom is 0.321 e. The number of para-hydroxylation sites is 1. The smallest absolute Gasteiger partial charge is 0.321 e. The quantitative estimate of drug-likeness (QED) is 0.417. The summed E-state index contributed by atoms with van der Waals surface area (Å²) in [6, 6.07) is 9.37. The lowest BCUT2D eigenvalue weighted by Crippen LogP contribution is -2.67. The third-order valence-electron chi connectivity index (χ3n) is 3.69. The first-order valence-electron chi connectivity index (χ1n) is 8.16. The number of anilines is 1. The van der Waals surface area contributed by atoms with Crippen LogP contribution in [0.3, 0.4) is 0 Å². The van der Waals surface area contributed by atoms with Crippen LogP contribution in [0.25, 0.3) is 0 Å². The van der Waals surface area contributed by atoms with Gasteiger partial charge in [0.25, 0.3) is 0 Å². The third kappa shape index (κ3) is 6.54. The Bertz CT molecular complexity index is 471. The molecule has 0 aromatic heterocycles. The number of hydrogen-bond acceptors (Lipinski definition) is 5. The topological polar surface area (TPSA) is 97.5 Å². The molecular weight excluding hydrogens is 294 g/mol. The van der Waals surface area contributed by atoms with Crippen LogP contribution in [0, 0.1) is 0 Å². The number of benzene rings is 1. The summed E-state index contributed by atoms with van der Waals surface area (Å²) >= 11 is 0. The fraction of sp³-hybridized carbons (Fsp3) is 0.562. The lowest BCUT2D eigenvalue weighted by atomic mass is 10.1. The zero-order chi connectivity index (χ0) is 16.5. The second-order valence-corrected chi connectivity index (χ2v) is 5.81. The van der Waals surface area contributed by atoms with Gasteiger partial charge in [-0.3, -0.25) is 10.6 Å². The number of unbranched alkanes of at least 4 members (excludes halogenated alkanes) is 1. The second-order valence-electron chi connectivity index (χ2n) is 5.81. The van der Waals surface area contributed by atoms with Gasteiger partial charge in [-0.25, -0.2) is 4.79 Å². The molecule has 3 atom stereocenters. The van der Waals surface area contributed by atoms with Gasteiger partial charge in [-0.05, 0) is 44.9 Å². The summed E-state index contributed by atoms with van der Waals surface area (Å²) in [5.41, 5.74) is 0.757. The summed E-state index contributed by atoms with van der Waals surface area (Å²) in [4.78, 5) is 12.0. The van der Waals surface area contributed by atoms with Gasteiger partial charge in [0, 0.05) is 18.3 Å². The summed E-state index contributed by atoms with van der Waals surface area (Å²) < 4.78 is 0. The molecule has 1 heterocycles. The molecule has 0 radical (unpaired) electrons. The fourth-order valence-corrected chi connectivity index (χ4v) is 2.58. The molecule has 1 aliphatic heterocycles. The Balaban J connectivity index is 1.76. The van der Waals surface area contributed by atoms with Crippen molar-refractivity contribution in [3.05, 3.63) is 30.3 Å². The Morgan fingerprint density at radius 3 is 2.78 bits per heavy atom. The first-order chi connectivity index (χ1) is 11.2. The average molecular weight is 321 g/mol. The van der Waals surface area contributed by atoms with Gasteiger partial charge in [0.05, 0.1) is 6.17 Å². The van der Waals surface area contributed by atoms with Gasteiger partial charge < -0.3 is 21.1 Å². The van der Waals surface area contributed by atoms with Crippen LogP contribution in [0.4, 0.5) is 10.5 Å². The fourth-order valence-electron chi connectivity index (χ4n) is 2.58. The van der Waals surface area contributed by atoms with Gasteiger partial charge in [0.1, 0.15) is 6.29 Å². The molecule has 0 bridgehead atoms. The van der Waals surface area contributed by atoms with Crippen LogP contribution in [0.15, 0.2) is 30.3 Å². The minimum Gasteiger partial charge on any atom is -0.396 e. The van der Waals surface area contributed by atoms with E-state index in [9.17, 15) is 4.79 Å². The van der Waals surface area contributed by atoms with Gasteiger partial charge in [0.15, 0.2) is 0 Å². The van der Waals surface area contributed by atoms with E-state index in [1.165, 1.54) is 0 Å². The molecule has 7 nitrogen and oxygen atoms in total. The lowest BCUT2D eigenvalue weighted by Gasteiger charge is -2.36. The summed E-state index contributed by atoms with van der Waals surface area (Å²) in [6.45, 7) is 3.16. The summed E-state index contributed by atoms with van der Waals surface area (Å²) in [5.74, 6) is 0. The molecule has 6 N–H and O–H groups in total. The molecule has 0 spiro atoms. The van der Waals surface area contributed by atoms with Gasteiger partial charge in [-0.2, -0.15) is 0 Å². The molecule has 2 rings (SSSR count). The molecule has 2 amide bonds. The van der Waals surface area contributed by atoms with E-state index in [4.69, 9.17) is 5.11 Å². The molecule has 0 aliphatic carbocycles. The second kappa shape index (κ2) is 9.46. The van der Waals surface area contributed by atoms with Gasteiger partial charge in [-0.15, -0.1) is 0 Å². The number of carbonyl (C=O) groups excluding carboxylic acids is 1. The van der Waals surface area contributed by atoms with Crippen LogP contribution in [0.5, 0.6) is 0 Å². The molecule has 1 aliphatic rings. The zero-order valence-corrected chi connectivity index (χ0v) is 13.5. The van der Waals surface area contributed by atoms with Crippen molar-refractivity contribution >= 4 is 11.7 Å². The number of amides is 2. The van der Waals surface area contributed by atoms with Crippen molar-refractivity contribution in [2.75, 3.05) is 18.5 Å². The van der Waals surface area contributed by atoms with Gasteiger partial charge in [0.2, 0.25) is 0 Å². The highest BCUT2D eigenvalue weighted by atomic mass is 16.3. The van der Waals surface area contributed by atoms with E-state index >= 15 is 0 Å². The highest BCUT2D eigenvalue weighted by Gasteiger charge is 2.25. The van der Waals surface area contributed by atoms with Crippen molar-refractivity contribution in [1.29, 1.82) is 0 Å². The Labute approximate surface area is 137 Å². The number of aliphatic hydroxyl groups excluding tert-OH is 1. The molecule has 1 aromatic rings. The molecule has 7 heteroatoms. The van der Waals surface area contributed by atoms with Crippen LogP contribution >= 0.6 is 0 Å². The van der Waals surface area contributed by atoms with Gasteiger partial charge >= 0.3 is 6.03 Å². The minimum atomic E-state index is -0.294. The van der Waals surface area contributed by atoms with Crippen LogP contribution in [-0.4, -0.2) is 42.8 Å². The minimum absolute atomic E-state index is 0.131. The first kappa shape index (κ1) is 17.7. The molecule has 1 saturated heterocycles. The Kier molecular flexibility index (Phi) is 7.28. The van der Waals surface area contributed by atoms with E-state index in [0.717, 1.165) is 31.5 Å². The Morgan fingerprint density at radius 1 is 1.26 bits per heavy atom. The largest absolute Gasteiger partial charge is 0.396 e. The molecule has 128 valence electrons. The highest BCUT2D eigenvalue weighted by molar-refractivity contribution is 5.89. The normalized spacial score (nSPS) is 24.2. The van der Waals surface area contributed by atoms with E-state index in [2.05, 4.69) is 33.5 Å². The van der Waals surface area contributed by atoms with E-state index < -0.39 is 0 Å². The monoisotopic (exact) mass is 321 g/mol. The summed E-state index contributed by atoms with van der Waals surface area (Å²) in [7, 11) is 0. The van der Waals surface area contributed by atoms with Crippen LogP contribution < -0.4 is 26.6 Å². The predicted octanol–water partition coefficient (Wildman–Crippen LogP) is 0.751. The van der Waals surface area contributed by atoms with Crippen molar-refractivity contribution in [3.63, 3.8) is 0 Å². The van der Waals surface area contributed by atoms with E-state index in [1.54, 1.807) is 0 Å². The van der Waals surface area contributed by atoms with E-state index in [0.29, 0.717) is 0 Å². The van der Waals surface area contributed by atoms with Crippen molar-refractivity contribution < 1.29 is 9.90 Å². The number of carbonyl (C=O) groups is 1. The third-order valence-corrected chi connectivity index (χ3v) is 3.69. The van der Waals surface area contributed by atoms with E-state index in [1.807, 2.05) is 30.3 Å². The predicted molar refractivity (Wildman–Crippen MR) is 90.8 cm³/mol. The van der Waals surface area contributed by atoms with Crippen molar-refractivity contribution in [3.8, 4) is 0 Å². The molecule has 0 saturated carbocycles. The lowest BCUT2D eigenvalue weighted by molar-refractivity contribution is 0.192. The molecule has 23 heavy (non-hydrogen) atoms. The number of hydrogen-bond donors (Lipinski definition) is 6. The highest BCUT2D eigenvalue weighted by Crippen LogP contribution is 2.06. The number of urea groups is 1. The number of rotatable bonds is 7. The molecule has 1 fully saturated rings. The van der Waals surface area contributed by atoms with Crippen molar-refractivity contribution in [2.45, 2.75) is 44.7 Å². The molecule has 3 unspecified atom stereocenters. The summed E-state index contributed by atoms with van der Waals surface area (Å²) in [5, 5.41) is 24.5. The number of aliphatic hydroxyl groups is 1. The first-order valence-corrected chi connectivity index (χ1v) is 8.16. The van der Waals surface area contributed by atoms with Crippen LogP contribution in [0.2, 0.25) is 0 Å². The number of nitrogens with one attached hydrogen (secondary N) is 5. The van der Waals surface area contributed by atoms with E-state index in [-0.39, 0.29) is 31.1 Å². The Hall–Kier alpha value is -1.67. The maximum absolute atomic E-state index is 12.0.